The van der Waals surface area contributed by atoms with Gasteiger partial charge in [0.05, 0.1) is 18.1 Å². The number of hydrogen-bond donors (Lipinski definition) is 0. The highest BCUT2D eigenvalue weighted by molar-refractivity contribution is 7.12. The lowest BCUT2D eigenvalue weighted by molar-refractivity contribution is -0.155. The molecule has 110 valence electrons. The predicted octanol–water partition coefficient (Wildman–Crippen LogP) is 2.79. The summed E-state index contributed by atoms with van der Waals surface area (Å²) in [5.41, 5.74) is -0.104. The molecule has 0 amide bonds. The first kappa shape index (κ1) is 16.9. The minimum absolute atomic E-state index is 0.0622. The van der Waals surface area contributed by atoms with Crippen LogP contribution < -0.4 is 0 Å². The van der Waals surface area contributed by atoms with E-state index >= 15 is 0 Å². The number of halogens is 2. The van der Waals surface area contributed by atoms with Gasteiger partial charge in [-0.15, -0.1) is 11.3 Å². The third-order valence-corrected chi connectivity index (χ3v) is 3.81. The van der Waals surface area contributed by atoms with Gasteiger partial charge in [-0.2, -0.15) is 4.51 Å². The smallest absolute Gasteiger partial charge is 0.345 e. The fraction of sp³-hybridized carbons (Fsp3) is 0.417. The zero-order valence-corrected chi connectivity index (χ0v) is 13.2. The van der Waals surface area contributed by atoms with Gasteiger partial charge in [0, 0.05) is 11.8 Å². The van der Waals surface area contributed by atoms with Crippen molar-refractivity contribution in [2.45, 2.75) is 18.7 Å². The van der Waals surface area contributed by atoms with E-state index in [-0.39, 0.29) is 18.9 Å². The van der Waals surface area contributed by atoms with Crippen LogP contribution in [-0.4, -0.2) is 35.7 Å². The minimum Gasteiger partial charge on any atom is -0.464 e. The summed E-state index contributed by atoms with van der Waals surface area (Å²) in [5, 5.41) is 1.74. The maximum absolute atomic E-state index is 12.1. The first-order valence-electron chi connectivity index (χ1n) is 5.78. The highest BCUT2D eigenvalue weighted by atomic mass is 35.5. The molecule has 5 nitrogen and oxygen atoms in total. The molecule has 0 aliphatic rings. The highest BCUT2D eigenvalue weighted by Crippen LogP contribution is 2.29. The van der Waals surface area contributed by atoms with Crippen molar-refractivity contribution in [1.29, 1.82) is 0 Å². The second-order valence-corrected chi connectivity index (χ2v) is 5.19. The lowest BCUT2D eigenvalue weighted by Crippen LogP contribution is -2.50. The SMILES string of the molecule is CCOC(=O)C(Cl)(C(=O)OCC)/C(=N/Cl)c1cccs1. The lowest BCUT2D eigenvalue weighted by atomic mass is 10.0. The highest BCUT2D eigenvalue weighted by Gasteiger charge is 2.53. The Morgan fingerprint density at radius 2 is 1.85 bits per heavy atom. The normalized spacial score (nSPS) is 12.1. The molecule has 0 saturated carbocycles. The first-order chi connectivity index (χ1) is 9.52. The molecule has 1 heterocycles. The van der Waals surface area contributed by atoms with Crippen molar-refractivity contribution in [1.82, 2.24) is 0 Å². The number of thiophene rings is 1. The van der Waals surface area contributed by atoms with Crippen LogP contribution in [0, 0.1) is 0 Å². The van der Waals surface area contributed by atoms with Crippen molar-refractivity contribution in [3.8, 4) is 0 Å². The summed E-state index contributed by atoms with van der Waals surface area (Å²) in [6.07, 6.45) is 0. The van der Waals surface area contributed by atoms with Crippen molar-refractivity contribution >= 4 is 52.4 Å². The third kappa shape index (κ3) is 3.31. The Labute approximate surface area is 130 Å². The van der Waals surface area contributed by atoms with Crippen molar-refractivity contribution in [3.63, 3.8) is 0 Å². The average molecular weight is 338 g/mol. The second kappa shape index (κ2) is 7.61. The van der Waals surface area contributed by atoms with Crippen LogP contribution in [0.1, 0.15) is 18.7 Å². The monoisotopic (exact) mass is 337 g/mol. The fourth-order valence-electron chi connectivity index (χ4n) is 1.42. The summed E-state index contributed by atoms with van der Waals surface area (Å²) in [6.45, 7) is 3.32. The molecule has 1 aromatic rings. The van der Waals surface area contributed by atoms with E-state index in [1.807, 2.05) is 0 Å². The van der Waals surface area contributed by atoms with E-state index in [0.29, 0.717) is 4.88 Å². The van der Waals surface area contributed by atoms with Crippen LogP contribution in [0.2, 0.25) is 0 Å². The van der Waals surface area contributed by atoms with E-state index in [1.165, 1.54) is 11.3 Å². The number of carbonyl (C=O) groups excluding carboxylic acids is 2. The molecule has 0 N–H and O–H groups in total. The van der Waals surface area contributed by atoms with Gasteiger partial charge in [-0.3, -0.25) is 0 Å². The van der Waals surface area contributed by atoms with E-state index in [0.717, 1.165) is 0 Å². The molecule has 1 aromatic heterocycles. The summed E-state index contributed by atoms with van der Waals surface area (Å²) in [6, 6.07) is 3.36. The summed E-state index contributed by atoms with van der Waals surface area (Å²) in [7, 11) is 0. The van der Waals surface area contributed by atoms with Crippen LogP contribution in [0.15, 0.2) is 22.0 Å². The van der Waals surface area contributed by atoms with E-state index in [2.05, 4.69) is 4.51 Å². The van der Waals surface area contributed by atoms with Crippen molar-refractivity contribution in [2.24, 2.45) is 4.51 Å². The fourth-order valence-corrected chi connectivity index (χ4v) is 2.81. The van der Waals surface area contributed by atoms with Crippen molar-refractivity contribution in [3.05, 3.63) is 22.4 Å². The molecule has 0 aromatic carbocycles. The number of ether oxygens (including phenoxy) is 2. The van der Waals surface area contributed by atoms with Crippen LogP contribution in [0.25, 0.3) is 0 Å². The van der Waals surface area contributed by atoms with Crippen LogP contribution >= 0.6 is 34.7 Å². The largest absolute Gasteiger partial charge is 0.464 e. The Morgan fingerprint density at radius 1 is 1.30 bits per heavy atom. The van der Waals surface area contributed by atoms with Crippen LogP contribution in [0.3, 0.4) is 0 Å². The molecule has 0 radical (unpaired) electrons. The number of hydrogen-bond acceptors (Lipinski definition) is 6. The summed E-state index contributed by atoms with van der Waals surface area (Å²) < 4.78 is 13.2. The van der Waals surface area contributed by atoms with Crippen molar-refractivity contribution in [2.75, 3.05) is 13.2 Å². The van der Waals surface area contributed by atoms with Crippen LogP contribution in [0.4, 0.5) is 0 Å². The van der Waals surface area contributed by atoms with Crippen molar-refractivity contribution < 1.29 is 19.1 Å². The van der Waals surface area contributed by atoms with Crippen LogP contribution in [0.5, 0.6) is 0 Å². The number of alkyl halides is 1. The van der Waals surface area contributed by atoms with E-state index in [1.54, 1.807) is 31.4 Å². The first-order valence-corrected chi connectivity index (χ1v) is 7.38. The zero-order valence-electron chi connectivity index (χ0n) is 10.9. The Hall–Kier alpha value is -1.11. The zero-order chi connectivity index (χ0) is 15.2. The maximum atomic E-state index is 12.1. The van der Waals surface area contributed by atoms with Gasteiger partial charge in [-0.1, -0.05) is 17.7 Å². The average Bonchev–Trinajstić information content (AvgIpc) is 2.93. The molecule has 0 bridgehead atoms. The third-order valence-electron chi connectivity index (χ3n) is 2.28. The molecule has 0 atom stereocenters. The van der Waals surface area contributed by atoms with Gasteiger partial charge < -0.3 is 9.47 Å². The number of esters is 2. The van der Waals surface area contributed by atoms with Gasteiger partial charge in [0.1, 0.15) is 5.71 Å². The molecule has 0 unspecified atom stereocenters. The molecule has 1 rings (SSSR count). The Bertz CT molecular complexity index is 484. The standard InChI is InChI=1S/C12H13Cl2NO4S/c1-3-18-10(16)12(13,11(17)19-4-2)9(15-14)8-6-5-7-20-8/h5-7H,3-4H2,1-2H3/b15-9+. The number of rotatable bonds is 6. The van der Waals surface area contributed by atoms with E-state index in [9.17, 15) is 9.59 Å². The Kier molecular flexibility index (Phi) is 6.45. The Morgan fingerprint density at radius 3 is 2.20 bits per heavy atom. The molecule has 20 heavy (non-hydrogen) atoms. The van der Waals surface area contributed by atoms with Crippen LogP contribution in [-0.2, 0) is 19.1 Å². The van der Waals surface area contributed by atoms with Gasteiger partial charge in [0.25, 0.3) is 4.87 Å². The molecular weight excluding hydrogens is 325 g/mol. The minimum atomic E-state index is -2.21. The molecule has 0 aliphatic heterocycles. The molecule has 0 saturated heterocycles. The van der Waals surface area contributed by atoms with Gasteiger partial charge in [0.2, 0.25) is 0 Å². The van der Waals surface area contributed by atoms with Gasteiger partial charge in [-0.05, 0) is 25.3 Å². The van der Waals surface area contributed by atoms with Gasteiger partial charge >= 0.3 is 11.9 Å². The summed E-state index contributed by atoms with van der Waals surface area (Å²) in [5.74, 6) is -1.93. The van der Waals surface area contributed by atoms with E-state index in [4.69, 9.17) is 32.9 Å². The predicted molar refractivity (Wildman–Crippen MR) is 78.6 cm³/mol. The molecule has 0 spiro atoms. The molecule has 0 fully saturated rings. The molecular formula is C12H13Cl2NO4S. The summed E-state index contributed by atoms with van der Waals surface area (Å²) in [4.78, 5) is 22.4. The van der Waals surface area contributed by atoms with Gasteiger partial charge in [-0.25, -0.2) is 9.59 Å². The van der Waals surface area contributed by atoms with E-state index < -0.39 is 16.8 Å². The maximum Gasteiger partial charge on any atom is 0.345 e. The summed E-state index contributed by atoms with van der Waals surface area (Å²) >= 11 is 13.0. The quantitative estimate of drug-likeness (QED) is 0.346. The number of carbonyl (C=O) groups is 2. The van der Waals surface area contributed by atoms with Gasteiger partial charge in [0.15, 0.2) is 0 Å². The topological polar surface area (TPSA) is 65.0 Å². The lowest BCUT2D eigenvalue weighted by Gasteiger charge is -2.23. The second-order valence-electron chi connectivity index (χ2n) is 3.51. The number of nitrogens with zero attached hydrogens (tertiary/aromatic N) is 1. The molecule has 0 aliphatic carbocycles. The molecule has 8 heteroatoms. The Balaban J connectivity index is 3.29.